The van der Waals surface area contributed by atoms with Crippen molar-refractivity contribution in [3.8, 4) is 5.75 Å². The summed E-state index contributed by atoms with van der Waals surface area (Å²) in [6.07, 6.45) is 0.915. The summed E-state index contributed by atoms with van der Waals surface area (Å²) in [6, 6.07) is 8.73. The number of rotatable bonds is 12. The van der Waals surface area contributed by atoms with Crippen LogP contribution in [0.4, 0.5) is 13.2 Å². The Morgan fingerprint density at radius 3 is 2.24 bits per heavy atom. The molecular formula is C34H40F3N3O6. The smallest absolute Gasteiger partial charge is 0.308 e. The van der Waals surface area contributed by atoms with Crippen molar-refractivity contribution in [2.24, 2.45) is 0 Å². The number of ether oxygens (including phenoxy) is 2. The molecule has 2 atom stereocenters. The van der Waals surface area contributed by atoms with Gasteiger partial charge in [0.15, 0.2) is 23.2 Å². The zero-order chi connectivity index (χ0) is 34.4. The number of Topliss-reactive ketones (excluding diaryl/α,β-unsaturated/α-hetero) is 1. The van der Waals surface area contributed by atoms with E-state index in [9.17, 15) is 32.3 Å². The van der Waals surface area contributed by atoms with Gasteiger partial charge in [0.1, 0.15) is 18.2 Å². The number of carbonyl (C=O) groups is 3. The molecule has 0 radical (unpaired) electrons. The van der Waals surface area contributed by atoms with Crippen molar-refractivity contribution >= 4 is 17.7 Å². The molecule has 12 heteroatoms. The Balaban J connectivity index is 1.88. The van der Waals surface area contributed by atoms with Crippen LogP contribution in [0.1, 0.15) is 83.9 Å². The SMILES string of the molecule is CCC(C(=O)N[C@@H](CC(=O)OC(C)(C)C)C(=O)COc1c(F)ccc(F)c1F)c1ccnn(Cc2ccccc2C(C)(C)C)c1=O. The molecule has 1 unspecified atom stereocenters. The van der Waals surface area contributed by atoms with Crippen molar-refractivity contribution in [3.05, 3.63) is 93.2 Å². The fraction of sp³-hybridized carbons (Fsp3) is 0.441. The van der Waals surface area contributed by atoms with Crippen molar-refractivity contribution < 1.29 is 37.0 Å². The average molecular weight is 644 g/mol. The minimum atomic E-state index is -1.63. The summed E-state index contributed by atoms with van der Waals surface area (Å²) in [5.41, 5.74) is 0.403. The third-order valence-corrected chi connectivity index (χ3v) is 7.04. The van der Waals surface area contributed by atoms with Crippen LogP contribution in [0.2, 0.25) is 0 Å². The zero-order valence-electron chi connectivity index (χ0n) is 27.1. The highest BCUT2D eigenvalue weighted by atomic mass is 19.2. The monoisotopic (exact) mass is 643 g/mol. The molecule has 0 fully saturated rings. The number of halogens is 3. The number of hydrogen-bond acceptors (Lipinski definition) is 7. The number of amides is 1. The van der Waals surface area contributed by atoms with Crippen molar-refractivity contribution in [2.75, 3.05) is 6.61 Å². The molecule has 248 valence electrons. The number of esters is 1. The lowest BCUT2D eigenvalue weighted by atomic mass is 9.84. The Kier molecular flexibility index (Phi) is 11.5. The van der Waals surface area contributed by atoms with Gasteiger partial charge in [0.25, 0.3) is 5.56 Å². The third kappa shape index (κ3) is 9.27. The van der Waals surface area contributed by atoms with Gasteiger partial charge >= 0.3 is 5.97 Å². The average Bonchev–Trinajstić information content (AvgIpc) is 2.95. The first-order valence-corrected chi connectivity index (χ1v) is 14.9. The molecule has 1 amide bonds. The van der Waals surface area contributed by atoms with Crippen LogP contribution in [0.5, 0.6) is 5.75 Å². The van der Waals surface area contributed by atoms with Crippen LogP contribution >= 0.6 is 0 Å². The van der Waals surface area contributed by atoms with Gasteiger partial charge in [-0.15, -0.1) is 0 Å². The van der Waals surface area contributed by atoms with E-state index in [-0.39, 0.29) is 23.9 Å². The van der Waals surface area contributed by atoms with Gasteiger partial charge in [0, 0.05) is 11.8 Å². The number of nitrogens with zero attached hydrogens (tertiary/aromatic N) is 2. The molecule has 0 saturated heterocycles. The second-order valence-corrected chi connectivity index (χ2v) is 12.9. The topological polar surface area (TPSA) is 117 Å². The van der Waals surface area contributed by atoms with Gasteiger partial charge in [0.05, 0.1) is 18.9 Å². The molecule has 46 heavy (non-hydrogen) atoms. The van der Waals surface area contributed by atoms with Gasteiger partial charge in [-0.1, -0.05) is 52.0 Å². The summed E-state index contributed by atoms with van der Waals surface area (Å²) in [5.74, 6) is -8.97. The summed E-state index contributed by atoms with van der Waals surface area (Å²) < 4.78 is 53.3. The molecule has 0 bridgehead atoms. The van der Waals surface area contributed by atoms with Crippen molar-refractivity contribution in [2.45, 2.75) is 90.8 Å². The number of benzene rings is 2. The van der Waals surface area contributed by atoms with E-state index >= 15 is 0 Å². The van der Waals surface area contributed by atoms with E-state index in [1.54, 1.807) is 27.7 Å². The van der Waals surface area contributed by atoms with Crippen molar-refractivity contribution in [3.63, 3.8) is 0 Å². The van der Waals surface area contributed by atoms with Crippen LogP contribution in [0.3, 0.4) is 0 Å². The summed E-state index contributed by atoms with van der Waals surface area (Å²) in [4.78, 5) is 53.0. The third-order valence-electron chi connectivity index (χ3n) is 7.04. The van der Waals surface area contributed by atoms with Gasteiger partial charge in [0.2, 0.25) is 11.7 Å². The normalized spacial score (nSPS) is 13.1. The molecule has 0 aliphatic heterocycles. The van der Waals surface area contributed by atoms with Gasteiger partial charge in [-0.05, 0) is 61.9 Å². The fourth-order valence-electron chi connectivity index (χ4n) is 4.89. The fourth-order valence-corrected chi connectivity index (χ4v) is 4.89. The second kappa shape index (κ2) is 14.7. The van der Waals surface area contributed by atoms with Gasteiger partial charge in [-0.3, -0.25) is 19.2 Å². The molecule has 1 heterocycles. The van der Waals surface area contributed by atoms with Crippen molar-refractivity contribution in [1.82, 2.24) is 15.1 Å². The van der Waals surface area contributed by atoms with Crippen LogP contribution in [0.25, 0.3) is 0 Å². The van der Waals surface area contributed by atoms with E-state index in [1.165, 1.54) is 16.9 Å². The molecule has 2 aromatic carbocycles. The number of aromatic nitrogens is 2. The lowest BCUT2D eigenvalue weighted by Gasteiger charge is -2.24. The molecule has 1 N–H and O–H groups in total. The van der Waals surface area contributed by atoms with Crippen molar-refractivity contribution in [1.29, 1.82) is 0 Å². The molecule has 9 nitrogen and oxygen atoms in total. The second-order valence-electron chi connectivity index (χ2n) is 12.9. The lowest BCUT2D eigenvalue weighted by molar-refractivity contribution is -0.156. The number of nitrogens with one attached hydrogen (secondary N) is 1. The summed E-state index contributed by atoms with van der Waals surface area (Å²) in [6.45, 7) is 11.8. The van der Waals surface area contributed by atoms with Gasteiger partial charge in [-0.2, -0.15) is 9.49 Å². The maximum Gasteiger partial charge on any atom is 0.308 e. The highest BCUT2D eigenvalue weighted by Gasteiger charge is 2.32. The maximum atomic E-state index is 14.1. The molecule has 0 aliphatic rings. The van der Waals surface area contributed by atoms with E-state index < -0.39 is 77.0 Å². The molecule has 0 spiro atoms. The maximum absolute atomic E-state index is 14.1. The van der Waals surface area contributed by atoms with Gasteiger partial charge < -0.3 is 14.8 Å². The lowest BCUT2D eigenvalue weighted by Crippen LogP contribution is -2.47. The number of ketones is 1. The summed E-state index contributed by atoms with van der Waals surface area (Å²) in [5, 5.41) is 6.71. The Morgan fingerprint density at radius 1 is 0.957 bits per heavy atom. The standard InChI is InChI=1S/C34H40F3N3O6/c1-8-21(22-15-16-38-40(32(22)44)18-20-11-9-10-12-23(20)33(2,3)4)31(43)39-26(17-28(42)46-34(5,6)7)27(41)19-45-30-25(36)14-13-24(35)29(30)37/h9-16,21,26H,8,17-19H2,1-7H3,(H,39,43)/t21?,26-/m0/s1. The first kappa shape index (κ1) is 36.0. The quantitative estimate of drug-likeness (QED) is 0.209. The molecule has 0 aliphatic carbocycles. The zero-order valence-corrected chi connectivity index (χ0v) is 27.1. The molecular weight excluding hydrogens is 603 g/mol. The predicted octanol–water partition coefficient (Wildman–Crippen LogP) is 5.36. The van der Waals surface area contributed by atoms with E-state index in [4.69, 9.17) is 9.47 Å². The first-order chi connectivity index (χ1) is 21.4. The largest absolute Gasteiger partial charge is 0.480 e. The molecule has 3 rings (SSSR count). The predicted molar refractivity (Wildman–Crippen MR) is 165 cm³/mol. The highest BCUT2D eigenvalue weighted by Crippen LogP contribution is 2.27. The molecule has 1 aromatic heterocycles. The van der Waals surface area contributed by atoms with Crippen LogP contribution in [0.15, 0.2) is 53.5 Å². The minimum Gasteiger partial charge on any atom is -0.480 e. The Morgan fingerprint density at radius 2 is 1.61 bits per heavy atom. The van der Waals surface area contributed by atoms with E-state index in [2.05, 4.69) is 31.2 Å². The highest BCUT2D eigenvalue weighted by molar-refractivity contribution is 5.94. The molecule has 3 aromatic rings. The summed E-state index contributed by atoms with van der Waals surface area (Å²) in [7, 11) is 0. The van der Waals surface area contributed by atoms with Crippen LogP contribution < -0.4 is 15.6 Å². The number of hydrogen-bond donors (Lipinski definition) is 1. The Bertz CT molecular complexity index is 1640. The van der Waals surface area contributed by atoms with Crippen LogP contribution in [-0.4, -0.2) is 45.7 Å². The van der Waals surface area contributed by atoms with E-state index in [0.717, 1.165) is 11.1 Å². The van der Waals surface area contributed by atoms with E-state index in [0.29, 0.717) is 12.1 Å². The first-order valence-electron chi connectivity index (χ1n) is 14.9. The van der Waals surface area contributed by atoms with Crippen LogP contribution in [-0.2, 0) is 31.1 Å². The van der Waals surface area contributed by atoms with Crippen LogP contribution in [0, 0.1) is 17.5 Å². The Hall–Kier alpha value is -4.48. The molecule has 0 saturated carbocycles. The summed E-state index contributed by atoms with van der Waals surface area (Å²) >= 11 is 0. The van der Waals surface area contributed by atoms with Gasteiger partial charge in [-0.25, -0.2) is 13.5 Å². The van der Waals surface area contributed by atoms with E-state index in [1.807, 2.05) is 24.3 Å². The Labute approximate surface area is 266 Å². The minimum absolute atomic E-state index is 0.117. The number of carbonyl (C=O) groups excluding carboxylic acids is 3.